The van der Waals surface area contributed by atoms with Crippen LogP contribution in [0.1, 0.15) is 12.8 Å². The van der Waals surface area contributed by atoms with Crippen molar-refractivity contribution in [3.63, 3.8) is 0 Å². The molecule has 1 aliphatic rings. The Hall–Kier alpha value is 0.210. The van der Waals surface area contributed by atoms with Crippen LogP contribution in [0.3, 0.4) is 0 Å². The van der Waals surface area contributed by atoms with Gasteiger partial charge in [-0.25, -0.2) is 0 Å². The lowest BCUT2D eigenvalue weighted by Crippen LogP contribution is -2.21. The van der Waals surface area contributed by atoms with E-state index in [2.05, 4.69) is 5.32 Å². The van der Waals surface area contributed by atoms with E-state index in [0.29, 0.717) is 0 Å². The minimum absolute atomic E-state index is 0. The van der Waals surface area contributed by atoms with Gasteiger partial charge in [-0.15, -0.1) is 12.4 Å². The average molecular weight is 166 g/mol. The molecule has 2 nitrogen and oxygen atoms in total. The van der Waals surface area contributed by atoms with Crippen LogP contribution in [0.4, 0.5) is 0 Å². The summed E-state index contributed by atoms with van der Waals surface area (Å²) >= 11 is 0. The predicted molar refractivity (Wildman–Crippen MR) is 44.7 cm³/mol. The number of methoxy groups -OCH3 is 1. The maximum atomic E-state index is 4.88. The second-order valence-corrected chi connectivity index (χ2v) is 2.64. The van der Waals surface area contributed by atoms with E-state index in [9.17, 15) is 0 Å². The molecule has 0 aromatic rings. The van der Waals surface area contributed by atoms with Crippen molar-refractivity contribution in [1.82, 2.24) is 5.32 Å². The van der Waals surface area contributed by atoms with Gasteiger partial charge in [-0.1, -0.05) is 0 Å². The molecule has 0 aromatic heterocycles. The highest BCUT2D eigenvalue weighted by molar-refractivity contribution is 5.85. The first kappa shape index (κ1) is 10.2. The smallest absolute Gasteiger partial charge is 0.0587 e. The summed E-state index contributed by atoms with van der Waals surface area (Å²) in [7, 11) is 1.73. The Balaban J connectivity index is 0.000000810. The minimum Gasteiger partial charge on any atom is -0.383 e. The zero-order valence-electron chi connectivity index (χ0n) is 6.43. The third-order valence-electron chi connectivity index (χ3n) is 1.61. The van der Waals surface area contributed by atoms with Crippen LogP contribution in [-0.2, 0) is 4.74 Å². The van der Waals surface area contributed by atoms with Crippen molar-refractivity contribution in [1.29, 1.82) is 0 Å². The summed E-state index contributed by atoms with van der Waals surface area (Å²) in [5, 5.41) is 3.32. The Morgan fingerprint density at radius 3 is 2.70 bits per heavy atom. The van der Waals surface area contributed by atoms with Crippen LogP contribution in [0.5, 0.6) is 0 Å². The number of halogens is 1. The summed E-state index contributed by atoms with van der Waals surface area (Å²) < 4.78 is 4.88. The first-order valence-corrected chi connectivity index (χ1v) is 3.63. The van der Waals surface area contributed by atoms with E-state index >= 15 is 0 Å². The molecule has 0 radical (unpaired) electrons. The van der Waals surface area contributed by atoms with Gasteiger partial charge in [-0.05, 0) is 25.3 Å². The maximum absolute atomic E-state index is 4.88. The quantitative estimate of drug-likeness (QED) is 0.616. The fourth-order valence-electron chi connectivity index (χ4n) is 0.802. The molecule has 0 heterocycles. The van der Waals surface area contributed by atoms with Gasteiger partial charge in [0.25, 0.3) is 0 Å². The first-order valence-electron chi connectivity index (χ1n) is 3.63. The van der Waals surface area contributed by atoms with Gasteiger partial charge >= 0.3 is 0 Å². The maximum Gasteiger partial charge on any atom is 0.0587 e. The summed E-state index contributed by atoms with van der Waals surface area (Å²) in [4.78, 5) is 0. The van der Waals surface area contributed by atoms with Crippen molar-refractivity contribution in [2.24, 2.45) is 5.92 Å². The Morgan fingerprint density at radius 1 is 1.50 bits per heavy atom. The molecule has 0 bridgehead atoms. The molecule has 1 saturated carbocycles. The molecule has 0 unspecified atom stereocenters. The van der Waals surface area contributed by atoms with Crippen molar-refractivity contribution < 1.29 is 4.74 Å². The molecule has 1 N–H and O–H groups in total. The number of nitrogens with one attached hydrogen (secondary N) is 1. The molecule has 1 fully saturated rings. The van der Waals surface area contributed by atoms with Crippen molar-refractivity contribution >= 4 is 12.4 Å². The molecule has 0 amide bonds. The number of hydrogen-bond acceptors (Lipinski definition) is 2. The van der Waals surface area contributed by atoms with Crippen molar-refractivity contribution in [3.05, 3.63) is 0 Å². The second-order valence-electron chi connectivity index (χ2n) is 2.64. The lowest BCUT2D eigenvalue weighted by molar-refractivity contribution is 0.199. The number of ether oxygens (including phenoxy) is 1. The Bertz CT molecular complexity index is 76.0. The van der Waals surface area contributed by atoms with Gasteiger partial charge in [0, 0.05) is 13.7 Å². The summed E-state index contributed by atoms with van der Waals surface area (Å²) in [6.45, 7) is 3.04. The molecule has 0 aliphatic heterocycles. The molecule has 1 aliphatic carbocycles. The van der Waals surface area contributed by atoms with Gasteiger partial charge in [0.05, 0.1) is 6.61 Å². The molecule has 0 atom stereocenters. The lowest BCUT2D eigenvalue weighted by atomic mass is 10.4. The van der Waals surface area contributed by atoms with E-state index in [1.807, 2.05) is 0 Å². The van der Waals surface area contributed by atoms with Crippen LogP contribution in [-0.4, -0.2) is 26.8 Å². The molecule has 1 rings (SSSR count). The minimum atomic E-state index is 0. The van der Waals surface area contributed by atoms with Gasteiger partial charge in [0.15, 0.2) is 0 Å². The highest BCUT2D eigenvalue weighted by Crippen LogP contribution is 2.27. The standard InChI is InChI=1S/C7H15NO.ClH/c1-9-5-4-8-6-7-2-3-7;/h7-8H,2-6H2,1H3;1H. The highest BCUT2D eigenvalue weighted by atomic mass is 35.5. The Kier molecular flexibility index (Phi) is 6.08. The van der Waals surface area contributed by atoms with Crippen LogP contribution in [0.25, 0.3) is 0 Å². The SMILES string of the molecule is COCCNCC1CC1.Cl. The lowest BCUT2D eigenvalue weighted by Gasteiger charge is -2.00. The van der Waals surface area contributed by atoms with Gasteiger partial charge in [0.1, 0.15) is 0 Å². The molecule has 62 valence electrons. The van der Waals surface area contributed by atoms with E-state index in [4.69, 9.17) is 4.74 Å². The van der Waals surface area contributed by atoms with Gasteiger partial charge in [-0.2, -0.15) is 0 Å². The molecule has 3 heteroatoms. The average Bonchev–Trinajstić information content (AvgIpc) is 2.63. The fraction of sp³-hybridized carbons (Fsp3) is 1.00. The van der Waals surface area contributed by atoms with Crippen LogP contribution < -0.4 is 5.32 Å². The molecule has 10 heavy (non-hydrogen) atoms. The second kappa shape index (κ2) is 5.96. The van der Waals surface area contributed by atoms with Crippen molar-refractivity contribution in [2.75, 3.05) is 26.8 Å². The topological polar surface area (TPSA) is 21.3 Å². The van der Waals surface area contributed by atoms with Gasteiger partial charge < -0.3 is 10.1 Å². The largest absolute Gasteiger partial charge is 0.383 e. The summed E-state index contributed by atoms with van der Waals surface area (Å²) in [6.07, 6.45) is 2.86. The first-order chi connectivity index (χ1) is 4.43. The van der Waals surface area contributed by atoms with Crippen LogP contribution in [0.15, 0.2) is 0 Å². The summed E-state index contributed by atoms with van der Waals surface area (Å²) in [5.74, 6) is 0.988. The molecule has 0 saturated heterocycles. The van der Waals surface area contributed by atoms with E-state index in [0.717, 1.165) is 19.1 Å². The van der Waals surface area contributed by atoms with Crippen LogP contribution in [0.2, 0.25) is 0 Å². The normalized spacial score (nSPS) is 16.5. The summed E-state index contributed by atoms with van der Waals surface area (Å²) in [6, 6.07) is 0. The predicted octanol–water partition coefficient (Wildman–Crippen LogP) is 1.05. The molecular weight excluding hydrogens is 150 g/mol. The molecule has 0 aromatic carbocycles. The van der Waals surface area contributed by atoms with Crippen molar-refractivity contribution in [2.45, 2.75) is 12.8 Å². The van der Waals surface area contributed by atoms with E-state index in [-0.39, 0.29) is 12.4 Å². The number of rotatable bonds is 5. The van der Waals surface area contributed by atoms with Crippen molar-refractivity contribution in [3.8, 4) is 0 Å². The Labute approximate surface area is 68.7 Å². The highest BCUT2D eigenvalue weighted by Gasteiger charge is 2.19. The van der Waals surface area contributed by atoms with E-state index in [1.54, 1.807) is 7.11 Å². The molecule has 0 spiro atoms. The number of hydrogen-bond donors (Lipinski definition) is 1. The zero-order chi connectivity index (χ0) is 6.53. The van der Waals surface area contributed by atoms with E-state index in [1.165, 1.54) is 19.4 Å². The Morgan fingerprint density at radius 2 is 2.20 bits per heavy atom. The zero-order valence-corrected chi connectivity index (χ0v) is 7.25. The third kappa shape index (κ3) is 5.03. The van der Waals surface area contributed by atoms with Crippen LogP contribution in [0, 0.1) is 5.92 Å². The third-order valence-corrected chi connectivity index (χ3v) is 1.61. The fourth-order valence-corrected chi connectivity index (χ4v) is 0.802. The van der Waals surface area contributed by atoms with Gasteiger partial charge in [-0.3, -0.25) is 0 Å². The van der Waals surface area contributed by atoms with E-state index < -0.39 is 0 Å². The summed E-state index contributed by atoms with van der Waals surface area (Å²) in [5.41, 5.74) is 0. The van der Waals surface area contributed by atoms with Crippen LogP contribution >= 0.6 is 12.4 Å². The van der Waals surface area contributed by atoms with Gasteiger partial charge in [0.2, 0.25) is 0 Å². The monoisotopic (exact) mass is 165 g/mol. The molecular formula is C7H16ClNO.